The Hall–Kier alpha value is -1.88. The SMILES string of the molecule is CCNC(=NCc1ccc(C)cc1OC1CCOC1)NCc1nc(C)no1.I. The number of hydrogen-bond acceptors (Lipinski definition) is 6. The fourth-order valence-electron chi connectivity index (χ4n) is 2.76. The van der Waals surface area contributed by atoms with Crippen molar-refractivity contribution >= 4 is 29.9 Å². The van der Waals surface area contributed by atoms with Gasteiger partial charge in [0.2, 0.25) is 5.89 Å². The third kappa shape index (κ3) is 6.62. The summed E-state index contributed by atoms with van der Waals surface area (Å²) >= 11 is 0. The lowest BCUT2D eigenvalue weighted by Gasteiger charge is -2.16. The standard InChI is InChI=1S/C19H27N5O3.HI/c1-4-20-19(22-11-18-23-14(3)24-27-18)21-10-15-6-5-13(2)9-17(15)26-16-7-8-25-12-16;/h5-6,9,16H,4,7-8,10-12H2,1-3H3,(H2,20,21,22);1H. The number of halogens is 1. The summed E-state index contributed by atoms with van der Waals surface area (Å²) < 4.78 is 16.7. The Morgan fingerprint density at radius 3 is 2.86 bits per heavy atom. The lowest BCUT2D eigenvalue weighted by atomic mass is 10.1. The molecule has 1 atom stereocenters. The van der Waals surface area contributed by atoms with Crippen LogP contribution in [-0.4, -0.2) is 42.0 Å². The van der Waals surface area contributed by atoms with Gasteiger partial charge in [0.15, 0.2) is 11.8 Å². The number of aromatic nitrogens is 2. The largest absolute Gasteiger partial charge is 0.488 e. The highest BCUT2D eigenvalue weighted by molar-refractivity contribution is 14.0. The van der Waals surface area contributed by atoms with E-state index >= 15 is 0 Å². The highest BCUT2D eigenvalue weighted by atomic mass is 127. The number of rotatable bonds is 7. The number of aliphatic imine (C=N–C) groups is 1. The molecule has 1 aromatic carbocycles. The summed E-state index contributed by atoms with van der Waals surface area (Å²) in [5, 5.41) is 10.2. The summed E-state index contributed by atoms with van der Waals surface area (Å²) in [5.41, 5.74) is 2.20. The molecule has 0 saturated carbocycles. The van der Waals surface area contributed by atoms with Crippen LogP contribution in [0.5, 0.6) is 5.75 Å². The number of nitrogens with one attached hydrogen (secondary N) is 2. The Morgan fingerprint density at radius 1 is 1.32 bits per heavy atom. The second-order valence-corrected chi connectivity index (χ2v) is 6.50. The molecule has 0 amide bonds. The third-order valence-corrected chi connectivity index (χ3v) is 4.13. The molecule has 2 N–H and O–H groups in total. The molecule has 3 rings (SSSR count). The van der Waals surface area contributed by atoms with Crippen LogP contribution < -0.4 is 15.4 Å². The summed E-state index contributed by atoms with van der Waals surface area (Å²) in [4.78, 5) is 8.85. The molecule has 154 valence electrons. The van der Waals surface area contributed by atoms with Crippen LogP contribution in [0, 0.1) is 13.8 Å². The third-order valence-electron chi connectivity index (χ3n) is 4.13. The topological polar surface area (TPSA) is 93.8 Å². The highest BCUT2D eigenvalue weighted by Crippen LogP contribution is 2.24. The number of benzene rings is 1. The Kier molecular flexibility index (Phi) is 8.97. The van der Waals surface area contributed by atoms with Crippen molar-refractivity contribution in [2.24, 2.45) is 4.99 Å². The van der Waals surface area contributed by atoms with Gasteiger partial charge in [-0.05, 0) is 32.4 Å². The first-order valence-electron chi connectivity index (χ1n) is 9.29. The van der Waals surface area contributed by atoms with Gasteiger partial charge in [0, 0.05) is 18.5 Å². The molecule has 8 nitrogen and oxygen atoms in total. The fraction of sp³-hybridized carbons (Fsp3) is 0.526. The van der Waals surface area contributed by atoms with E-state index in [9.17, 15) is 0 Å². The summed E-state index contributed by atoms with van der Waals surface area (Å²) in [6.07, 6.45) is 1.03. The van der Waals surface area contributed by atoms with Gasteiger partial charge in [0.1, 0.15) is 11.9 Å². The van der Waals surface area contributed by atoms with Gasteiger partial charge in [0.25, 0.3) is 0 Å². The fourth-order valence-corrected chi connectivity index (χ4v) is 2.76. The predicted octanol–water partition coefficient (Wildman–Crippen LogP) is 2.73. The molecule has 0 radical (unpaired) electrons. The molecule has 2 heterocycles. The molecule has 0 bridgehead atoms. The first-order chi connectivity index (χ1) is 13.1. The summed E-state index contributed by atoms with van der Waals surface area (Å²) in [7, 11) is 0. The maximum absolute atomic E-state index is 6.14. The van der Waals surface area contributed by atoms with E-state index in [2.05, 4.69) is 50.9 Å². The monoisotopic (exact) mass is 501 g/mol. The molecule has 2 aromatic rings. The average Bonchev–Trinajstić information content (AvgIpc) is 3.30. The van der Waals surface area contributed by atoms with Gasteiger partial charge in [-0.15, -0.1) is 24.0 Å². The number of nitrogens with zero attached hydrogens (tertiary/aromatic N) is 3. The smallest absolute Gasteiger partial charge is 0.246 e. The highest BCUT2D eigenvalue weighted by Gasteiger charge is 2.18. The van der Waals surface area contributed by atoms with E-state index in [4.69, 9.17) is 14.0 Å². The number of ether oxygens (including phenoxy) is 2. The van der Waals surface area contributed by atoms with E-state index in [0.29, 0.717) is 37.4 Å². The van der Waals surface area contributed by atoms with Crippen LogP contribution in [0.4, 0.5) is 0 Å². The van der Waals surface area contributed by atoms with Crippen molar-refractivity contribution in [2.75, 3.05) is 19.8 Å². The van der Waals surface area contributed by atoms with Crippen LogP contribution in [0.25, 0.3) is 0 Å². The van der Waals surface area contributed by atoms with E-state index in [0.717, 1.165) is 36.4 Å². The molecule has 0 spiro atoms. The molecule has 1 saturated heterocycles. The molecule has 1 aromatic heterocycles. The predicted molar refractivity (Wildman–Crippen MR) is 117 cm³/mol. The normalized spacial score (nSPS) is 16.5. The maximum atomic E-state index is 6.14. The molecule has 1 fully saturated rings. The van der Waals surface area contributed by atoms with Crippen molar-refractivity contribution in [3.63, 3.8) is 0 Å². The zero-order valence-electron chi connectivity index (χ0n) is 16.5. The lowest BCUT2D eigenvalue weighted by Crippen LogP contribution is -2.36. The molecule has 1 aliphatic heterocycles. The lowest BCUT2D eigenvalue weighted by molar-refractivity contribution is 0.140. The first-order valence-corrected chi connectivity index (χ1v) is 9.29. The molecule has 1 unspecified atom stereocenters. The van der Waals surface area contributed by atoms with Crippen molar-refractivity contribution in [1.29, 1.82) is 0 Å². The van der Waals surface area contributed by atoms with Gasteiger partial charge in [-0.1, -0.05) is 17.3 Å². The summed E-state index contributed by atoms with van der Waals surface area (Å²) in [5.74, 6) is 2.70. The van der Waals surface area contributed by atoms with Gasteiger partial charge in [0.05, 0.1) is 26.3 Å². The van der Waals surface area contributed by atoms with Crippen molar-refractivity contribution < 1.29 is 14.0 Å². The zero-order chi connectivity index (χ0) is 19.1. The van der Waals surface area contributed by atoms with Crippen molar-refractivity contribution in [3.8, 4) is 5.75 Å². The van der Waals surface area contributed by atoms with Crippen molar-refractivity contribution in [2.45, 2.75) is 46.4 Å². The van der Waals surface area contributed by atoms with Crippen LogP contribution >= 0.6 is 24.0 Å². The van der Waals surface area contributed by atoms with Gasteiger partial charge in [-0.25, -0.2) is 4.99 Å². The minimum atomic E-state index is 0. The maximum Gasteiger partial charge on any atom is 0.246 e. The summed E-state index contributed by atoms with van der Waals surface area (Å²) in [6.45, 7) is 8.95. The van der Waals surface area contributed by atoms with Crippen LogP contribution in [-0.2, 0) is 17.8 Å². The molecule has 9 heteroatoms. The van der Waals surface area contributed by atoms with Crippen molar-refractivity contribution in [3.05, 3.63) is 41.0 Å². The minimum absolute atomic E-state index is 0. The second kappa shape index (κ2) is 11.2. The van der Waals surface area contributed by atoms with E-state index in [1.807, 2.05) is 6.92 Å². The van der Waals surface area contributed by atoms with Gasteiger partial charge < -0.3 is 24.6 Å². The van der Waals surface area contributed by atoms with Crippen LogP contribution in [0.15, 0.2) is 27.7 Å². The number of aryl methyl sites for hydroxylation is 2. The second-order valence-electron chi connectivity index (χ2n) is 6.50. The Bertz CT molecular complexity index is 775. The van der Waals surface area contributed by atoms with E-state index < -0.39 is 0 Å². The van der Waals surface area contributed by atoms with Gasteiger partial charge >= 0.3 is 0 Å². The van der Waals surface area contributed by atoms with E-state index in [1.165, 1.54) is 0 Å². The van der Waals surface area contributed by atoms with E-state index in [1.54, 1.807) is 6.92 Å². The number of hydrogen-bond donors (Lipinski definition) is 2. The first kappa shape index (κ1) is 22.4. The average molecular weight is 501 g/mol. The molecule has 1 aliphatic rings. The molecular weight excluding hydrogens is 473 g/mol. The van der Waals surface area contributed by atoms with Crippen LogP contribution in [0.2, 0.25) is 0 Å². The molecular formula is C19H28IN5O3. The quantitative estimate of drug-likeness (QED) is 0.343. The molecule has 0 aliphatic carbocycles. The van der Waals surface area contributed by atoms with Crippen LogP contribution in [0.1, 0.15) is 36.2 Å². The Morgan fingerprint density at radius 2 is 2.18 bits per heavy atom. The van der Waals surface area contributed by atoms with Crippen molar-refractivity contribution in [1.82, 2.24) is 20.8 Å². The number of guanidine groups is 1. The van der Waals surface area contributed by atoms with Crippen LogP contribution in [0.3, 0.4) is 0 Å². The van der Waals surface area contributed by atoms with Gasteiger partial charge in [-0.3, -0.25) is 0 Å². The van der Waals surface area contributed by atoms with Gasteiger partial charge in [-0.2, -0.15) is 4.98 Å². The van der Waals surface area contributed by atoms with E-state index in [-0.39, 0.29) is 30.1 Å². The Balaban J connectivity index is 0.00000280. The molecule has 28 heavy (non-hydrogen) atoms. The zero-order valence-corrected chi connectivity index (χ0v) is 18.9. The Labute approximate surface area is 182 Å². The summed E-state index contributed by atoms with van der Waals surface area (Å²) in [6, 6.07) is 6.20. The minimum Gasteiger partial charge on any atom is -0.488 e.